The van der Waals surface area contributed by atoms with E-state index in [4.69, 9.17) is 4.74 Å². The Morgan fingerprint density at radius 2 is 1.56 bits per heavy atom. The smallest absolute Gasteiger partial charge is 0.339 e. The molecule has 43 heavy (non-hydrogen) atoms. The average Bonchev–Trinajstić information content (AvgIpc) is 2.94. The SMILES string of the molecule is CC1(C)CC[C@]2(COC(=O)c3ccccc3C(=O)O)CC[C@]3(C)C(=CCC4[C@@]5(C)CCC(=O)C(C)(C)[C@@H]5CC[C@]43C)C2C1. The first-order chi connectivity index (χ1) is 20.0. The van der Waals surface area contributed by atoms with Crippen LogP contribution in [0.2, 0.25) is 0 Å². The van der Waals surface area contributed by atoms with Crippen LogP contribution in [0.3, 0.4) is 0 Å². The summed E-state index contributed by atoms with van der Waals surface area (Å²) in [7, 11) is 0. The number of Topliss-reactive ketones (excluding diaryl/α,β-unsaturated/α-hetero) is 1. The average molecular weight is 589 g/mol. The molecule has 0 heterocycles. The number of ether oxygens (including phenoxy) is 1. The molecule has 0 radical (unpaired) electrons. The normalized spacial score (nSPS) is 41.0. The molecule has 0 aliphatic heterocycles. The Bertz CT molecular complexity index is 1390. The van der Waals surface area contributed by atoms with Crippen LogP contribution in [0, 0.1) is 50.2 Å². The van der Waals surface area contributed by atoms with Crippen molar-refractivity contribution >= 4 is 17.7 Å². The van der Waals surface area contributed by atoms with Gasteiger partial charge in [-0.1, -0.05) is 72.2 Å². The van der Waals surface area contributed by atoms with E-state index in [1.807, 2.05) is 0 Å². The van der Waals surface area contributed by atoms with Gasteiger partial charge in [-0.15, -0.1) is 0 Å². The van der Waals surface area contributed by atoms with Crippen LogP contribution >= 0.6 is 0 Å². The van der Waals surface area contributed by atoms with Gasteiger partial charge in [-0.05, 0) is 109 Å². The molecule has 5 heteroatoms. The number of rotatable bonds is 4. The van der Waals surface area contributed by atoms with Crippen molar-refractivity contribution in [2.45, 2.75) is 113 Å². The largest absolute Gasteiger partial charge is 0.478 e. The van der Waals surface area contributed by atoms with Gasteiger partial charge in [0.2, 0.25) is 0 Å². The van der Waals surface area contributed by atoms with Crippen LogP contribution in [0.25, 0.3) is 0 Å². The summed E-state index contributed by atoms with van der Waals surface area (Å²) in [5.74, 6) is 0.126. The van der Waals surface area contributed by atoms with Gasteiger partial charge in [0, 0.05) is 17.3 Å². The molecule has 0 bridgehead atoms. The molecule has 0 saturated heterocycles. The number of benzene rings is 1. The van der Waals surface area contributed by atoms with Crippen molar-refractivity contribution in [1.82, 2.24) is 0 Å². The summed E-state index contributed by atoms with van der Waals surface area (Å²) in [6.45, 7) is 17.2. The predicted octanol–water partition coefficient (Wildman–Crippen LogP) is 8.91. The number of carboxylic acid groups (broad SMARTS) is 1. The standard InChI is InChI=1S/C38H52O5/c1-33(2)18-20-38(23-43-32(42)25-11-9-8-10-24(25)31(40)41)21-19-36(6)26(27(38)22-33)12-13-29-35(5)16-15-30(39)34(3,4)28(35)14-17-37(29,36)7/h8-12,27-29H,13-23H2,1-7H3,(H,40,41)/t27?,28-,29?,35-,36+,37+,38+/m0/s1. The van der Waals surface area contributed by atoms with E-state index < -0.39 is 11.9 Å². The molecule has 4 saturated carbocycles. The summed E-state index contributed by atoms with van der Waals surface area (Å²) in [6.07, 6.45) is 13.0. The van der Waals surface area contributed by atoms with Crippen LogP contribution in [0.4, 0.5) is 0 Å². The van der Waals surface area contributed by atoms with E-state index in [0.717, 1.165) is 57.8 Å². The van der Waals surface area contributed by atoms with Crippen molar-refractivity contribution in [3.63, 3.8) is 0 Å². The summed E-state index contributed by atoms with van der Waals surface area (Å²) >= 11 is 0. The molecule has 0 amide bonds. The minimum atomic E-state index is -1.11. The molecule has 5 aliphatic carbocycles. The highest BCUT2D eigenvalue weighted by atomic mass is 16.5. The van der Waals surface area contributed by atoms with Crippen molar-refractivity contribution in [1.29, 1.82) is 0 Å². The molecule has 4 fully saturated rings. The van der Waals surface area contributed by atoms with Gasteiger partial charge in [0.25, 0.3) is 0 Å². The zero-order chi connectivity index (χ0) is 31.2. The molecule has 1 N–H and O–H groups in total. The molecular formula is C38H52O5. The maximum absolute atomic E-state index is 13.3. The van der Waals surface area contributed by atoms with Gasteiger partial charge < -0.3 is 9.84 Å². The van der Waals surface area contributed by atoms with Gasteiger partial charge in [-0.3, -0.25) is 4.79 Å². The number of carbonyl (C=O) groups excluding carboxylic acids is 2. The van der Waals surface area contributed by atoms with E-state index in [1.165, 1.54) is 6.07 Å². The summed E-state index contributed by atoms with van der Waals surface area (Å²) in [5, 5.41) is 9.65. The van der Waals surface area contributed by atoms with Crippen LogP contribution in [0.5, 0.6) is 0 Å². The predicted molar refractivity (Wildman–Crippen MR) is 168 cm³/mol. The number of carbonyl (C=O) groups is 3. The second kappa shape index (κ2) is 9.78. The molecule has 0 spiro atoms. The fraction of sp³-hybridized carbons (Fsp3) is 0.711. The number of carboxylic acids is 1. The van der Waals surface area contributed by atoms with Gasteiger partial charge in [0.15, 0.2) is 0 Å². The molecule has 1 aromatic carbocycles. The lowest BCUT2D eigenvalue weighted by molar-refractivity contribution is -0.186. The van der Waals surface area contributed by atoms with Crippen LogP contribution in [-0.4, -0.2) is 29.4 Å². The highest BCUT2D eigenvalue weighted by Crippen LogP contribution is 2.75. The zero-order valence-electron chi connectivity index (χ0n) is 27.5. The van der Waals surface area contributed by atoms with E-state index >= 15 is 0 Å². The summed E-state index contributed by atoms with van der Waals surface area (Å²) in [4.78, 5) is 38.2. The first-order valence-electron chi connectivity index (χ1n) is 16.7. The van der Waals surface area contributed by atoms with Gasteiger partial charge in [0.05, 0.1) is 17.7 Å². The van der Waals surface area contributed by atoms with Gasteiger partial charge in [-0.25, -0.2) is 9.59 Å². The minimum absolute atomic E-state index is 0.00631. The van der Waals surface area contributed by atoms with Gasteiger partial charge in [0.1, 0.15) is 5.78 Å². The molecule has 7 atom stereocenters. The highest BCUT2D eigenvalue weighted by Gasteiger charge is 2.68. The number of allylic oxidation sites excluding steroid dienone is 2. The second-order valence-electron chi connectivity index (χ2n) is 17.1. The zero-order valence-corrected chi connectivity index (χ0v) is 27.5. The maximum atomic E-state index is 13.3. The Hall–Kier alpha value is -2.43. The quantitative estimate of drug-likeness (QED) is 0.281. The van der Waals surface area contributed by atoms with Gasteiger partial charge in [-0.2, -0.15) is 0 Å². The van der Waals surface area contributed by atoms with Crippen molar-refractivity contribution in [2.24, 2.45) is 50.2 Å². The lowest BCUT2D eigenvalue weighted by atomic mass is 9.33. The Morgan fingerprint density at radius 3 is 2.26 bits per heavy atom. The molecule has 2 unspecified atom stereocenters. The fourth-order valence-electron chi connectivity index (χ4n) is 11.5. The number of hydrogen-bond acceptors (Lipinski definition) is 4. The van der Waals surface area contributed by atoms with E-state index in [9.17, 15) is 19.5 Å². The number of esters is 1. The lowest BCUT2D eigenvalue weighted by Crippen LogP contribution is -2.64. The first-order valence-corrected chi connectivity index (χ1v) is 16.7. The van der Waals surface area contributed by atoms with Crippen molar-refractivity contribution in [3.05, 3.63) is 47.0 Å². The van der Waals surface area contributed by atoms with Crippen molar-refractivity contribution in [3.8, 4) is 0 Å². The Morgan fingerprint density at radius 1 is 0.884 bits per heavy atom. The maximum Gasteiger partial charge on any atom is 0.339 e. The fourth-order valence-corrected chi connectivity index (χ4v) is 11.5. The Kier molecular flexibility index (Phi) is 6.96. The minimum Gasteiger partial charge on any atom is -0.478 e. The topological polar surface area (TPSA) is 80.7 Å². The second-order valence-corrected chi connectivity index (χ2v) is 17.1. The molecular weight excluding hydrogens is 536 g/mol. The van der Waals surface area contributed by atoms with Crippen molar-refractivity contribution in [2.75, 3.05) is 6.61 Å². The Labute approximate surface area is 258 Å². The molecule has 6 rings (SSSR count). The van der Waals surface area contributed by atoms with Crippen molar-refractivity contribution < 1.29 is 24.2 Å². The number of ketones is 1. The van der Waals surface area contributed by atoms with E-state index in [2.05, 4.69) is 54.5 Å². The molecule has 5 aliphatic rings. The number of aromatic carboxylic acids is 1. The molecule has 234 valence electrons. The van der Waals surface area contributed by atoms with E-state index in [-0.39, 0.29) is 43.6 Å². The molecule has 1 aromatic rings. The summed E-state index contributed by atoms with van der Waals surface area (Å²) in [6, 6.07) is 6.37. The lowest BCUT2D eigenvalue weighted by Gasteiger charge is -2.70. The van der Waals surface area contributed by atoms with Crippen LogP contribution in [0.1, 0.15) is 133 Å². The third kappa shape index (κ3) is 4.33. The van der Waals surface area contributed by atoms with Gasteiger partial charge >= 0.3 is 11.9 Å². The Balaban J connectivity index is 1.34. The van der Waals surface area contributed by atoms with Crippen LogP contribution < -0.4 is 0 Å². The number of fused-ring (bicyclic) bond motifs is 7. The van der Waals surface area contributed by atoms with E-state index in [0.29, 0.717) is 36.6 Å². The van der Waals surface area contributed by atoms with E-state index in [1.54, 1.807) is 23.8 Å². The monoisotopic (exact) mass is 588 g/mol. The highest BCUT2D eigenvalue weighted by molar-refractivity contribution is 6.02. The number of hydrogen-bond donors (Lipinski definition) is 1. The summed E-state index contributed by atoms with van der Waals surface area (Å²) in [5.41, 5.74) is 1.93. The molecule has 5 nitrogen and oxygen atoms in total. The van der Waals surface area contributed by atoms with Crippen LogP contribution in [0.15, 0.2) is 35.9 Å². The molecule has 0 aromatic heterocycles. The summed E-state index contributed by atoms with van der Waals surface area (Å²) < 4.78 is 6.09. The third-order valence-electron chi connectivity index (χ3n) is 14.4. The third-order valence-corrected chi connectivity index (χ3v) is 14.4. The van der Waals surface area contributed by atoms with Crippen LogP contribution in [-0.2, 0) is 9.53 Å². The first kappa shape index (κ1) is 30.6.